The van der Waals surface area contributed by atoms with Crippen molar-refractivity contribution in [3.05, 3.63) is 34.7 Å². The third-order valence-electron chi connectivity index (χ3n) is 2.09. The van der Waals surface area contributed by atoms with E-state index in [2.05, 4.69) is 0 Å². The van der Waals surface area contributed by atoms with E-state index in [0.717, 1.165) is 0 Å². The average Bonchev–Trinajstić information content (AvgIpc) is 2.60. The summed E-state index contributed by atoms with van der Waals surface area (Å²) in [5.74, 6) is -1.12. The van der Waals surface area contributed by atoms with Gasteiger partial charge in [0.2, 0.25) is 0 Å². The Morgan fingerprint density at radius 1 is 1.36 bits per heavy atom. The minimum Gasteiger partial charge on any atom is -0.396 e. The van der Waals surface area contributed by atoms with Crippen molar-refractivity contribution >= 4 is 21.4 Å². The SMILES string of the molecule is OCCc1c(F)cc2ccsc2c1F. The maximum Gasteiger partial charge on any atom is 0.147 e. The first kappa shape index (κ1) is 9.55. The Kier molecular flexibility index (Phi) is 2.48. The fourth-order valence-electron chi connectivity index (χ4n) is 1.42. The van der Waals surface area contributed by atoms with Crippen molar-refractivity contribution in [2.24, 2.45) is 0 Å². The monoisotopic (exact) mass is 214 g/mol. The van der Waals surface area contributed by atoms with Gasteiger partial charge in [0.25, 0.3) is 0 Å². The zero-order chi connectivity index (χ0) is 10.1. The van der Waals surface area contributed by atoms with Crippen LogP contribution in [0.3, 0.4) is 0 Å². The second kappa shape index (κ2) is 3.63. The van der Waals surface area contributed by atoms with Crippen LogP contribution in [0.2, 0.25) is 0 Å². The Hall–Kier alpha value is -1.00. The van der Waals surface area contributed by atoms with E-state index >= 15 is 0 Å². The van der Waals surface area contributed by atoms with Gasteiger partial charge < -0.3 is 5.11 Å². The summed E-state index contributed by atoms with van der Waals surface area (Å²) >= 11 is 1.24. The van der Waals surface area contributed by atoms with Crippen LogP contribution in [0.15, 0.2) is 17.5 Å². The summed E-state index contributed by atoms with van der Waals surface area (Å²) in [6.07, 6.45) is 0.0194. The van der Waals surface area contributed by atoms with E-state index in [4.69, 9.17) is 5.11 Å². The van der Waals surface area contributed by atoms with Crippen molar-refractivity contribution in [2.45, 2.75) is 6.42 Å². The molecule has 1 nitrogen and oxygen atoms in total. The van der Waals surface area contributed by atoms with E-state index < -0.39 is 11.6 Å². The lowest BCUT2D eigenvalue weighted by atomic mass is 10.1. The fraction of sp³-hybridized carbons (Fsp3) is 0.200. The van der Waals surface area contributed by atoms with Crippen molar-refractivity contribution in [3.63, 3.8) is 0 Å². The summed E-state index contributed by atoms with van der Waals surface area (Å²) in [7, 11) is 0. The molecule has 1 aromatic carbocycles. The Morgan fingerprint density at radius 2 is 2.14 bits per heavy atom. The van der Waals surface area contributed by atoms with Crippen LogP contribution in [0.25, 0.3) is 10.1 Å². The molecule has 0 aliphatic heterocycles. The second-order valence-electron chi connectivity index (χ2n) is 2.96. The normalized spacial score (nSPS) is 11.1. The zero-order valence-electron chi connectivity index (χ0n) is 7.26. The molecule has 2 aromatic rings. The van der Waals surface area contributed by atoms with Crippen LogP contribution >= 0.6 is 11.3 Å². The number of rotatable bonds is 2. The second-order valence-corrected chi connectivity index (χ2v) is 3.88. The van der Waals surface area contributed by atoms with Crippen LogP contribution in [-0.4, -0.2) is 11.7 Å². The molecule has 0 aliphatic rings. The van der Waals surface area contributed by atoms with Gasteiger partial charge in [-0.2, -0.15) is 0 Å². The van der Waals surface area contributed by atoms with E-state index in [-0.39, 0.29) is 18.6 Å². The fourth-order valence-corrected chi connectivity index (χ4v) is 2.26. The third-order valence-corrected chi connectivity index (χ3v) is 3.02. The number of aliphatic hydroxyl groups excluding tert-OH is 1. The van der Waals surface area contributed by atoms with Crippen molar-refractivity contribution in [2.75, 3.05) is 6.61 Å². The summed E-state index contributed by atoms with van der Waals surface area (Å²) in [4.78, 5) is 0. The number of fused-ring (bicyclic) bond motifs is 1. The average molecular weight is 214 g/mol. The molecule has 0 saturated heterocycles. The number of benzene rings is 1. The molecule has 0 fully saturated rings. The number of thiophene rings is 1. The van der Waals surface area contributed by atoms with Crippen molar-refractivity contribution in [3.8, 4) is 0 Å². The number of hydrogen-bond donors (Lipinski definition) is 1. The van der Waals surface area contributed by atoms with E-state index in [0.29, 0.717) is 10.1 Å². The predicted molar refractivity (Wildman–Crippen MR) is 52.5 cm³/mol. The van der Waals surface area contributed by atoms with Crippen molar-refractivity contribution < 1.29 is 13.9 Å². The Balaban J connectivity index is 2.69. The van der Waals surface area contributed by atoms with Crippen molar-refractivity contribution in [1.29, 1.82) is 0 Å². The summed E-state index contributed by atoms with van der Waals surface area (Å²) in [5.41, 5.74) is -0.0255. The van der Waals surface area contributed by atoms with Crippen LogP contribution in [0.1, 0.15) is 5.56 Å². The highest BCUT2D eigenvalue weighted by Crippen LogP contribution is 2.28. The summed E-state index contributed by atoms with van der Waals surface area (Å²) < 4.78 is 27.4. The highest BCUT2D eigenvalue weighted by molar-refractivity contribution is 7.17. The van der Waals surface area contributed by atoms with Crippen LogP contribution in [0.4, 0.5) is 8.78 Å². The van der Waals surface area contributed by atoms with E-state index in [1.165, 1.54) is 17.4 Å². The van der Waals surface area contributed by atoms with Gasteiger partial charge in [-0.3, -0.25) is 0 Å². The molecule has 2 rings (SSSR count). The minimum absolute atomic E-state index is 0.0194. The van der Waals surface area contributed by atoms with Crippen LogP contribution in [0, 0.1) is 11.6 Å². The molecule has 1 N–H and O–H groups in total. The Morgan fingerprint density at radius 3 is 2.86 bits per heavy atom. The van der Waals surface area contributed by atoms with Crippen LogP contribution < -0.4 is 0 Å². The Labute approximate surface area is 83.6 Å². The molecule has 1 aromatic heterocycles. The molecule has 0 saturated carbocycles. The van der Waals surface area contributed by atoms with Gasteiger partial charge in [-0.25, -0.2) is 8.78 Å². The van der Waals surface area contributed by atoms with Crippen LogP contribution in [0.5, 0.6) is 0 Å². The molecule has 0 aliphatic carbocycles. The molecule has 0 unspecified atom stereocenters. The van der Waals surface area contributed by atoms with Crippen molar-refractivity contribution in [1.82, 2.24) is 0 Å². The molecule has 0 spiro atoms. The molecular formula is C10H8F2OS. The molecule has 4 heteroatoms. The molecule has 14 heavy (non-hydrogen) atoms. The van der Waals surface area contributed by atoms with Gasteiger partial charge in [0.1, 0.15) is 11.6 Å². The first-order valence-corrected chi connectivity index (χ1v) is 5.07. The molecule has 0 bridgehead atoms. The lowest BCUT2D eigenvalue weighted by molar-refractivity contribution is 0.295. The van der Waals surface area contributed by atoms with Crippen LogP contribution in [-0.2, 0) is 6.42 Å². The molecular weight excluding hydrogens is 206 g/mol. The summed E-state index contributed by atoms with van der Waals surface area (Å²) in [6.45, 7) is -0.245. The van der Waals surface area contributed by atoms with E-state index in [1.807, 2.05) is 0 Å². The first-order valence-electron chi connectivity index (χ1n) is 4.19. The maximum atomic E-state index is 13.6. The minimum atomic E-state index is -0.581. The van der Waals surface area contributed by atoms with E-state index in [9.17, 15) is 8.78 Å². The van der Waals surface area contributed by atoms with Gasteiger partial charge in [0.15, 0.2) is 0 Å². The molecule has 74 valence electrons. The number of aliphatic hydroxyl groups is 1. The first-order chi connectivity index (χ1) is 6.74. The zero-order valence-corrected chi connectivity index (χ0v) is 8.07. The summed E-state index contributed by atoms with van der Waals surface area (Å²) in [6, 6.07) is 2.98. The third kappa shape index (κ3) is 1.40. The van der Waals surface area contributed by atoms with E-state index in [1.54, 1.807) is 11.4 Å². The van der Waals surface area contributed by atoms with Gasteiger partial charge in [-0.15, -0.1) is 11.3 Å². The highest BCUT2D eigenvalue weighted by atomic mass is 32.1. The molecule has 0 amide bonds. The molecule has 0 atom stereocenters. The van der Waals surface area contributed by atoms with Gasteiger partial charge in [0, 0.05) is 18.6 Å². The van der Waals surface area contributed by atoms with Gasteiger partial charge >= 0.3 is 0 Å². The lowest BCUT2D eigenvalue weighted by Crippen LogP contribution is -1.99. The highest BCUT2D eigenvalue weighted by Gasteiger charge is 2.13. The lowest BCUT2D eigenvalue weighted by Gasteiger charge is -2.03. The molecule has 0 radical (unpaired) electrons. The smallest absolute Gasteiger partial charge is 0.147 e. The largest absolute Gasteiger partial charge is 0.396 e. The quantitative estimate of drug-likeness (QED) is 0.815. The standard InChI is InChI=1S/C10H8F2OS/c11-8-5-6-2-4-14-10(6)9(12)7(8)1-3-13/h2,4-5,13H,1,3H2. The number of halogens is 2. The maximum absolute atomic E-state index is 13.6. The topological polar surface area (TPSA) is 20.2 Å². The predicted octanol–water partition coefficient (Wildman–Crippen LogP) is 2.71. The number of hydrogen-bond acceptors (Lipinski definition) is 2. The van der Waals surface area contributed by atoms with Gasteiger partial charge in [-0.05, 0) is 22.9 Å². The summed E-state index contributed by atoms with van der Waals surface area (Å²) in [5, 5.41) is 11.0. The Bertz CT molecular complexity index is 464. The van der Waals surface area contributed by atoms with Gasteiger partial charge in [-0.1, -0.05) is 0 Å². The molecule has 1 heterocycles. The van der Waals surface area contributed by atoms with Gasteiger partial charge in [0.05, 0.1) is 4.70 Å².